The van der Waals surface area contributed by atoms with Crippen molar-refractivity contribution in [3.05, 3.63) is 25.3 Å². The van der Waals surface area contributed by atoms with Gasteiger partial charge < -0.3 is 29.9 Å². The van der Waals surface area contributed by atoms with E-state index in [1.54, 1.807) is 51.7 Å². The topological polar surface area (TPSA) is 123 Å². The minimum Gasteiger partial charge on any atom is -0.444 e. The van der Waals surface area contributed by atoms with Gasteiger partial charge in [-0.25, -0.2) is 4.79 Å². The molecule has 4 N–H and O–H groups in total. The van der Waals surface area contributed by atoms with Gasteiger partial charge in [0.2, 0.25) is 0 Å². The van der Waals surface area contributed by atoms with Crippen LogP contribution in [0.25, 0.3) is 0 Å². The molecule has 0 aliphatic carbocycles. The number of carbonyl (C=O) groups is 1. The van der Waals surface area contributed by atoms with E-state index in [0.717, 1.165) is 0 Å². The fraction of sp³-hybridized carbons (Fsp3) is 0.708. The Morgan fingerprint density at radius 3 is 2.18 bits per heavy atom. The Morgan fingerprint density at radius 1 is 1.18 bits per heavy atom. The monoisotopic (exact) mass is 468 g/mol. The van der Waals surface area contributed by atoms with E-state index in [2.05, 4.69) is 25.0 Å². The lowest BCUT2D eigenvalue weighted by Crippen LogP contribution is -2.54. The molecular formula is C24H40N2O7. The molecule has 1 amide bonds. The van der Waals surface area contributed by atoms with Crippen LogP contribution < -0.4 is 0 Å². The summed E-state index contributed by atoms with van der Waals surface area (Å²) in [5, 5.41) is 41.0. The van der Waals surface area contributed by atoms with E-state index < -0.39 is 53.9 Å². The summed E-state index contributed by atoms with van der Waals surface area (Å²) in [7, 11) is 0. The highest BCUT2D eigenvalue weighted by atomic mass is 16.6. The molecule has 0 aromatic heterocycles. The van der Waals surface area contributed by atoms with Gasteiger partial charge in [0.15, 0.2) is 0 Å². The van der Waals surface area contributed by atoms with Crippen LogP contribution in [0.15, 0.2) is 25.3 Å². The van der Waals surface area contributed by atoms with Crippen LogP contribution in [0.5, 0.6) is 0 Å². The zero-order valence-electron chi connectivity index (χ0n) is 20.6. The Balaban J connectivity index is 3.33. The fourth-order valence-electron chi connectivity index (χ4n) is 3.45. The van der Waals surface area contributed by atoms with Gasteiger partial charge in [0, 0.05) is 13.1 Å². The molecule has 1 saturated heterocycles. The zero-order chi connectivity index (χ0) is 25.6. The Morgan fingerprint density at radius 2 is 1.73 bits per heavy atom. The molecule has 0 radical (unpaired) electrons. The highest BCUT2D eigenvalue weighted by Gasteiger charge is 2.45. The summed E-state index contributed by atoms with van der Waals surface area (Å²) in [6.07, 6.45) is -3.41. The predicted octanol–water partition coefficient (Wildman–Crippen LogP) is 0.868. The average molecular weight is 469 g/mol. The third kappa shape index (κ3) is 8.10. The molecule has 33 heavy (non-hydrogen) atoms. The Labute approximate surface area is 197 Å². The van der Waals surface area contributed by atoms with Crippen LogP contribution in [0.2, 0.25) is 0 Å². The SMILES string of the molecule is C=CCN(CC=C)[C@H](C#C[C@@H]1COC(C)(C)N1C(=O)OC(C)(C)C)[C@@H](O)[C@H](O)[C@H](O)[C@H](C)O. The quantitative estimate of drug-likeness (QED) is 0.290. The minimum atomic E-state index is -1.67. The van der Waals surface area contributed by atoms with Crippen molar-refractivity contribution in [2.24, 2.45) is 0 Å². The van der Waals surface area contributed by atoms with Crippen molar-refractivity contribution < 1.29 is 34.7 Å². The molecule has 1 aliphatic heterocycles. The van der Waals surface area contributed by atoms with Crippen LogP contribution in [0.3, 0.4) is 0 Å². The second-order valence-corrected chi connectivity index (χ2v) is 9.60. The van der Waals surface area contributed by atoms with Gasteiger partial charge in [-0.1, -0.05) is 24.0 Å². The van der Waals surface area contributed by atoms with E-state index in [4.69, 9.17) is 9.47 Å². The maximum atomic E-state index is 12.8. The minimum absolute atomic E-state index is 0.129. The van der Waals surface area contributed by atoms with E-state index in [1.807, 2.05) is 0 Å². The first kappa shape index (κ1) is 29.1. The zero-order valence-corrected chi connectivity index (χ0v) is 20.6. The number of aliphatic hydroxyl groups excluding tert-OH is 4. The van der Waals surface area contributed by atoms with Gasteiger partial charge in [-0.2, -0.15) is 0 Å². The first-order valence-electron chi connectivity index (χ1n) is 11.0. The van der Waals surface area contributed by atoms with Crippen LogP contribution in [0, 0.1) is 11.8 Å². The molecule has 1 rings (SSSR count). The molecule has 0 spiro atoms. The molecule has 0 aromatic rings. The Hall–Kier alpha value is -1.93. The maximum absolute atomic E-state index is 12.8. The molecule has 0 saturated carbocycles. The van der Waals surface area contributed by atoms with Gasteiger partial charge in [-0.3, -0.25) is 9.80 Å². The molecular weight excluding hydrogens is 428 g/mol. The number of carbonyl (C=O) groups excluding carboxylic acids is 1. The summed E-state index contributed by atoms with van der Waals surface area (Å²) in [5.41, 5.74) is -1.67. The van der Waals surface area contributed by atoms with Gasteiger partial charge in [0.1, 0.15) is 41.7 Å². The first-order chi connectivity index (χ1) is 15.2. The second kappa shape index (κ2) is 12.0. The maximum Gasteiger partial charge on any atom is 0.413 e. The summed E-state index contributed by atoms with van der Waals surface area (Å²) in [4.78, 5) is 16.0. The predicted molar refractivity (Wildman–Crippen MR) is 125 cm³/mol. The van der Waals surface area contributed by atoms with Gasteiger partial charge in [0.25, 0.3) is 0 Å². The van der Waals surface area contributed by atoms with E-state index >= 15 is 0 Å². The number of hydrogen-bond acceptors (Lipinski definition) is 8. The van der Waals surface area contributed by atoms with Crippen LogP contribution in [-0.2, 0) is 9.47 Å². The van der Waals surface area contributed by atoms with Gasteiger partial charge in [-0.15, -0.1) is 13.2 Å². The van der Waals surface area contributed by atoms with Gasteiger partial charge in [-0.05, 0) is 41.5 Å². The highest BCUT2D eigenvalue weighted by Crippen LogP contribution is 2.29. The van der Waals surface area contributed by atoms with Crippen LogP contribution in [0.4, 0.5) is 4.79 Å². The van der Waals surface area contributed by atoms with Crippen molar-refractivity contribution in [2.45, 2.75) is 89.4 Å². The first-order valence-corrected chi connectivity index (χ1v) is 11.0. The second-order valence-electron chi connectivity index (χ2n) is 9.60. The third-order valence-corrected chi connectivity index (χ3v) is 5.11. The summed E-state index contributed by atoms with van der Waals surface area (Å²) >= 11 is 0. The van der Waals surface area contributed by atoms with Crippen molar-refractivity contribution in [2.75, 3.05) is 19.7 Å². The average Bonchev–Trinajstić information content (AvgIpc) is 2.99. The normalized spacial score (nSPS) is 22.5. The fourth-order valence-corrected chi connectivity index (χ4v) is 3.45. The van der Waals surface area contributed by atoms with Crippen molar-refractivity contribution in [3.8, 4) is 11.8 Å². The number of aliphatic hydroxyl groups is 4. The lowest BCUT2D eigenvalue weighted by Gasteiger charge is -2.35. The van der Waals surface area contributed by atoms with Crippen molar-refractivity contribution in [1.82, 2.24) is 9.80 Å². The lowest BCUT2D eigenvalue weighted by molar-refractivity contribution is -0.112. The molecule has 0 bridgehead atoms. The summed E-state index contributed by atoms with van der Waals surface area (Å²) in [5.74, 6) is 5.92. The van der Waals surface area contributed by atoms with Crippen molar-refractivity contribution >= 4 is 6.09 Å². The Bertz CT molecular complexity index is 725. The molecule has 1 fully saturated rings. The molecule has 188 valence electrons. The standard InChI is InChI=1S/C24H40N2O7/c1-9-13-25(14-10-2)18(20(29)21(30)19(28)16(3)27)12-11-17-15-32-24(7,8)26(17)22(31)33-23(4,5)6/h9-10,16-21,27-30H,1-2,13-15H2,3-8H3/t16-,17+,18+,19+,20+,21+/m0/s1. The molecule has 6 atom stereocenters. The van der Waals surface area contributed by atoms with Crippen LogP contribution in [0.1, 0.15) is 41.5 Å². The largest absolute Gasteiger partial charge is 0.444 e. The molecule has 1 heterocycles. The van der Waals surface area contributed by atoms with E-state index in [0.29, 0.717) is 13.1 Å². The van der Waals surface area contributed by atoms with Crippen LogP contribution >= 0.6 is 0 Å². The molecule has 0 unspecified atom stereocenters. The molecule has 9 nitrogen and oxygen atoms in total. The third-order valence-electron chi connectivity index (χ3n) is 5.11. The smallest absolute Gasteiger partial charge is 0.413 e. The van der Waals surface area contributed by atoms with Crippen molar-refractivity contribution in [3.63, 3.8) is 0 Å². The Kier molecular flexibility index (Phi) is 10.6. The summed E-state index contributed by atoms with van der Waals surface area (Å²) in [6.45, 7) is 18.2. The van der Waals surface area contributed by atoms with Crippen LogP contribution in [-0.4, -0.2) is 104 Å². The number of rotatable bonds is 9. The summed E-state index contributed by atoms with van der Waals surface area (Å²) < 4.78 is 11.3. The van der Waals surface area contributed by atoms with Crippen molar-refractivity contribution in [1.29, 1.82) is 0 Å². The number of hydrogen-bond donors (Lipinski definition) is 4. The molecule has 9 heteroatoms. The number of amides is 1. The van der Waals surface area contributed by atoms with E-state index in [-0.39, 0.29) is 6.61 Å². The lowest BCUT2D eigenvalue weighted by atomic mass is 9.97. The molecule has 0 aromatic carbocycles. The van der Waals surface area contributed by atoms with E-state index in [1.165, 1.54) is 11.8 Å². The number of ether oxygens (including phenoxy) is 2. The molecule has 1 aliphatic rings. The van der Waals surface area contributed by atoms with Gasteiger partial charge in [0.05, 0.1) is 12.7 Å². The summed E-state index contributed by atoms with van der Waals surface area (Å²) in [6, 6.07) is -1.63. The highest BCUT2D eigenvalue weighted by molar-refractivity contribution is 5.70. The van der Waals surface area contributed by atoms with Gasteiger partial charge >= 0.3 is 6.09 Å². The number of nitrogens with zero attached hydrogens (tertiary/aromatic N) is 2. The van der Waals surface area contributed by atoms with E-state index in [9.17, 15) is 25.2 Å².